The highest BCUT2D eigenvalue weighted by molar-refractivity contribution is 5.94. The second-order valence-corrected chi connectivity index (χ2v) is 2.46. The van der Waals surface area contributed by atoms with Crippen LogP contribution in [0.5, 0.6) is 11.5 Å². The average molecular weight is 200 g/mol. The Morgan fingerprint density at radius 3 is 2.43 bits per heavy atom. The van der Waals surface area contributed by atoms with Crippen LogP contribution in [-0.4, -0.2) is 25.3 Å². The number of halogens is 1. The summed E-state index contributed by atoms with van der Waals surface area (Å²) in [5.74, 6) is -2.28. The fraction of sp³-hybridized carbons (Fsp3) is 0.222. The molecule has 0 spiro atoms. The predicted molar refractivity (Wildman–Crippen MR) is 46.5 cm³/mol. The Hall–Kier alpha value is -1.78. The van der Waals surface area contributed by atoms with Crippen molar-refractivity contribution in [3.05, 3.63) is 23.5 Å². The van der Waals surface area contributed by atoms with E-state index in [0.29, 0.717) is 0 Å². The summed E-state index contributed by atoms with van der Waals surface area (Å²) < 4.78 is 22.5. The molecule has 0 heterocycles. The standard InChI is InChI=1S/C9H9FO4/c1-13-6-4-3-5(10)8(14-2)7(6)9(11)12/h3-4H,1-2H3,(H,11,12). The third-order valence-electron chi connectivity index (χ3n) is 1.71. The van der Waals surface area contributed by atoms with E-state index in [4.69, 9.17) is 9.84 Å². The maximum Gasteiger partial charge on any atom is 0.343 e. The summed E-state index contributed by atoms with van der Waals surface area (Å²) in [6, 6.07) is 2.32. The quantitative estimate of drug-likeness (QED) is 0.804. The van der Waals surface area contributed by atoms with Crippen LogP contribution in [0.1, 0.15) is 10.4 Å². The molecule has 0 fully saturated rings. The third-order valence-corrected chi connectivity index (χ3v) is 1.71. The van der Waals surface area contributed by atoms with Gasteiger partial charge in [0.2, 0.25) is 0 Å². The lowest BCUT2D eigenvalue weighted by Crippen LogP contribution is -2.05. The number of carbonyl (C=O) groups is 1. The lowest BCUT2D eigenvalue weighted by Gasteiger charge is -2.09. The number of carboxylic acids is 1. The summed E-state index contributed by atoms with van der Waals surface area (Å²) in [6.45, 7) is 0. The fourth-order valence-corrected chi connectivity index (χ4v) is 1.11. The van der Waals surface area contributed by atoms with Crippen LogP contribution >= 0.6 is 0 Å². The molecule has 5 heteroatoms. The molecule has 0 amide bonds. The zero-order valence-corrected chi connectivity index (χ0v) is 7.70. The Bertz CT molecular complexity index is 362. The number of rotatable bonds is 3. The second-order valence-electron chi connectivity index (χ2n) is 2.46. The van der Waals surface area contributed by atoms with Crippen LogP contribution in [0.2, 0.25) is 0 Å². The number of hydrogen-bond acceptors (Lipinski definition) is 3. The van der Waals surface area contributed by atoms with E-state index in [1.54, 1.807) is 0 Å². The molecule has 0 aromatic heterocycles. The van der Waals surface area contributed by atoms with Gasteiger partial charge >= 0.3 is 5.97 Å². The largest absolute Gasteiger partial charge is 0.496 e. The van der Waals surface area contributed by atoms with E-state index in [1.807, 2.05) is 0 Å². The molecule has 4 nitrogen and oxygen atoms in total. The molecule has 1 N–H and O–H groups in total. The molecule has 0 aliphatic rings. The minimum absolute atomic E-state index is 0.0655. The molecule has 0 unspecified atom stereocenters. The summed E-state index contributed by atoms with van der Waals surface area (Å²) >= 11 is 0. The van der Waals surface area contributed by atoms with E-state index in [9.17, 15) is 9.18 Å². The highest BCUT2D eigenvalue weighted by Crippen LogP contribution is 2.30. The van der Waals surface area contributed by atoms with Gasteiger partial charge in [-0.15, -0.1) is 0 Å². The molecule has 0 aliphatic carbocycles. The monoisotopic (exact) mass is 200 g/mol. The highest BCUT2D eigenvalue weighted by Gasteiger charge is 2.20. The lowest BCUT2D eigenvalue weighted by molar-refractivity contribution is 0.0688. The van der Waals surface area contributed by atoms with E-state index < -0.39 is 11.8 Å². The Balaban J connectivity index is 3.43. The number of benzene rings is 1. The zero-order valence-electron chi connectivity index (χ0n) is 7.70. The molecule has 0 bridgehead atoms. The van der Waals surface area contributed by atoms with Crippen molar-refractivity contribution in [2.24, 2.45) is 0 Å². The van der Waals surface area contributed by atoms with Gasteiger partial charge in [0, 0.05) is 0 Å². The number of carboxylic acid groups (broad SMARTS) is 1. The first-order valence-corrected chi connectivity index (χ1v) is 3.75. The van der Waals surface area contributed by atoms with Crippen molar-refractivity contribution in [2.45, 2.75) is 0 Å². The van der Waals surface area contributed by atoms with Gasteiger partial charge in [-0.25, -0.2) is 9.18 Å². The van der Waals surface area contributed by atoms with Crippen molar-refractivity contribution in [3.8, 4) is 11.5 Å². The SMILES string of the molecule is COc1ccc(F)c(OC)c1C(=O)O. The summed E-state index contributed by atoms with van der Waals surface area (Å²) in [5, 5.41) is 8.81. The molecule has 0 saturated heterocycles. The fourth-order valence-electron chi connectivity index (χ4n) is 1.11. The van der Waals surface area contributed by atoms with Crippen LogP contribution < -0.4 is 9.47 Å². The van der Waals surface area contributed by atoms with Gasteiger partial charge in [-0.3, -0.25) is 0 Å². The van der Waals surface area contributed by atoms with Gasteiger partial charge < -0.3 is 14.6 Å². The first kappa shape index (κ1) is 10.3. The molecule has 0 saturated carbocycles. The molecule has 1 rings (SSSR count). The van der Waals surface area contributed by atoms with Crippen molar-refractivity contribution in [2.75, 3.05) is 14.2 Å². The smallest absolute Gasteiger partial charge is 0.343 e. The topological polar surface area (TPSA) is 55.8 Å². The summed E-state index contributed by atoms with van der Waals surface area (Å²) in [7, 11) is 2.50. The Morgan fingerprint density at radius 1 is 1.36 bits per heavy atom. The van der Waals surface area contributed by atoms with Gasteiger partial charge in [-0.05, 0) is 12.1 Å². The molecule has 1 aromatic rings. The predicted octanol–water partition coefficient (Wildman–Crippen LogP) is 1.54. The minimum Gasteiger partial charge on any atom is -0.496 e. The van der Waals surface area contributed by atoms with E-state index in [0.717, 1.165) is 6.07 Å². The summed E-state index contributed by atoms with van der Waals surface area (Å²) in [4.78, 5) is 10.8. The number of aromatic carboxylic acids is 1. The number of hydrogen-bond donors (Lipinski definition) is 1. The van der Waals surface area contributed by atoms with Crippen molar-refractivity contribution in [1.29, 1.82) is 0 Å². The van der Waals surface area contributed by atoms with Gasteiger partial charge in [0.1, 0.15) is 11.3 Å². The van der Waals surface area contributed by atoms with Crippen LogP contribution in [0.25, 0.3) is 0 Å². The van der Waals surface area contributed by atoms with Gasteiger partial charge in [0.25, 0.3) is 0 Å². The normalized spacial score (nSPS) is 9.64. The van der Waals surface area contributed by atoms with E-state index in [1.165, 1.54) is 20.3 Å². The van der Waals surface area contributed by atoms with E-state index in [2.05, 4.69) is 4.74 Å². The van der Waals surface area contributed by atoms with Crippen molar-refractivity contribution in [3.63, 3.8) is 0 Å². The Labute approximate surface area is 79.9 Å². The average Bonchev–Trinajstić information content (AvgIpc) is 2.17. The molecule has 76 valence electrons. The van der Waals surface area contributed by atoms with Crippen LogP contribution in [0, 0.1) is 5.82 Å². The molecule has 0 atom stereocenters. The van der Waals surface area contributed by atoms with Crippen molar-refractivity contribution >= 4 is 5.97 Å². The summed E-state index contributed by atoms with van der Waals surface area (Å²) in [5.41, 5.74) is -0.310. The third kappa shape index (κ3) is 1.61. The van der Waals surface area contributed by atoms with Gasteiger partial charge in [0.05, 0.1) is 14.2 Å². The van der Waals surface area contributed by atoms with Crippen LogP contribution in [0.4, 0.5) is 4.39 Å². The van der Waals surface area contributed by atoms with Crippen molar-refractivity contribution < 1.29 is 23.8 Å². The summed E-state index contributed by atoms with van der Waals surface area (Å²) in [6.07, 6.45) is 0. The van der Waals surface area contributed by atoms with Crippen LogP contribution in [0.3, 0.4) is 0 Å². The Morgan fingerprint density at radius 2 is 2.00 bits per heavy atom. The van der Waals surface area contributed by atoms with Crippen LogP contribution in [0.15, 0.2) is 12.1 Å². The molecular formula is C9H9FO4. The molecular weight excluding hydrogens is 191 g/mol. The number of ether oxygens (including phenoxy) is 2. The maximum atomic E-state index is 13.1. The van der Waals surface area contributed by atoms with Gasteiger partial charge in [0.15, 0.2) is 11.6 Å². The molecule has 1 aromatic carbocycles. The first-order valence-electron chi connectivity index (χ1n) is 3.75. The van der Waals surface area contributed by atoms with E-state index >= 15 is 0 Å². The van der Waals surface area contributed by atoms with Gasteiger partial charge in [-0.2, -0.15) is 0 Å². The molecule has 14 heavy (non-hydrogen) atoms. The van der Waals surface area contributed by atoms with Crippen LogP contribution in [-0.2, 0) is 0 Å². The first-order chi connectivity index (χ1) is 6.61. The minimum atomic E-state index is -1.29. The molecule has 0 radical (unpaired) electrons. The zero-order chi connectivity index (χ0) is 10.7. The molecule has 0 aliphatic heterocycles. The van der Waals surface area contributed by atoms with Gasteiger partial charge in [-0.1, -0.05) is 0 Å². The Kier molecular flexibility index (Phi) is 2.91. The maximum absolute atomic E-state index is 13.1. The van der Waals surface area contributed by atoms with Crippen molar-refractivity contribution in [1.82, 2.24) is 0 Å². The number of methoxy groups -OCH3 is 2. The van der Waals surface area contributed by atoms with E-state index in [-0.39, 0.29) is 17.1 Å². The highest BCUT2D eigenvalue weighted by atomic mass is 19.1. The second kappa shape index (κ2) is 3.95. The lowest BCUT2D eigenvalue weighted by atomic mass is 10.1.